The second-order valence-electron chi connectivity index (χ2n) is 7.22. The van der Waals surface area contributed by atoms with Crippen LogP contribution in [0.15, 0.2) is 21.4 Å². The van der Waals surface area contributed by atoms with Crippen LogP contribution in [0.1, 0.15) is 68.4 Å². The quantitative estimate of drug-likeness (QED) is 0.625. The van der Waals surface area contributed by atoms with Crippen molar-refractivity contribution in [3.8, 4) is 11.5 Å². The van der Waals surface area contributed by atoms with E-state index in [0.29, 0.717) is 29.5 Å². The minimum absolute atomic E-state index is 0.0728. The van der Waals surface area contributed by atoms with Gasteiger partial charge in [0.25, 0.3) is 0 Å². The molecular weight excluding hydrogens is 332 g/mol. The standard InChI is InChI=1S/C21H24O5/c1-5-7-12-11-15(23)25-20-16(12)19-13(9-10-21(3,4)26-19)18(24)17(20)14(22)8-6-2/h9-11,24H,5-8H2,1-4H3. The van der Waals surface area contributed by atoms with E-state index in [1.54, 1.807) is 6.08 Å². The molecule has 1 N–H and O–H groups in total. The van der Waals surface area contributed by atoms with Crippen molar-refractivity contribution in [1.82, 2.24) is 0 Å². The van der Waals surface area contributed by atoms with Crippen LogP contribution >= 0.6 is 0 Å². The van der Waals surface area contributed by atoms with Crippen molar-refractivity contribution in [3.05, 3.63) is 39.3 Å². The van der Waals surface area contributed by atoms with Gasteiger partial charge >= 0.3 is 5.63 Å². The van der Waals surface area contributed by atoms with E-state index in [1.165, 1.54) is 6.07 Å². The number of carbonyl (C=O) groups is 1. The molecule has 0 spiro atoms. The van der Waals surface area contributed by atoms with E-state index in [1.807, 2.05) is 33.8 Å². The second-order valence-corrected chi connectivity index (χ2v) is 7.22. The Bertz CT molecular complexity index is 963. The predicted octanol–water partition coefficient (Wildman–Crippen LogP) is 4.62. The fourth-order valence-corrected chi connectivity index (χ4v) is 3.37. The minimum atomic E-state index is -0.569. The molecule has 1 aromatic heterocycles. The number of hydrogen-bond donors (Lipinski definition) is 1. The molecule has 0 saturated heterocycles. The number of fused-ring (bicyclic) bond motifs is 3. The third-order valence-corrected chi connectivity index (χ3v) is 4.53. The van der Waals surface area contributed by atoms with Crippen LogP contribution in [-0.2, 0) is 6.42 Å². The van der Waals surface area contributed by atoms with Gasteiger partial charge in [0.05, 0.1) is 10.9 Å². The number of phenols is 1. The van der Waals surface area contributed by atoms with Crippen LogP contribution in [0.2, 0.25) is 0 Å². The molecule has 0 fully saturated rings. The molecule has 1 aliphatic heterocycles. The molecule has 26 heavy (non-hydrogen) atoms. The molecule has 0 bridgehead atoms. The highest BCUT2D eigenvalue weighted by molar-refractivity contribution is 6.12. The lowest BCUT2D eigenvalue weighted by atomic mass is 9.91. The summed E-state index contributed by atoms with van der Waals surface area (Å²) in [6.45, 7) is 7.72. The number of benzene rings is 1. The third-order valence-electron chi connectivity index (χ3n) is 4.53. The summed E-state index contributed by atoms with van der Waals surface area (Å²) in [6.07, 6.45) is 5.99. The summed E-state index contributed by atoms with van der Waals surface area (Å²) in [5.41, 5.74) is 0.331. The van der Waals surface area contributed by atoms with Crippen molar-refractivity contribution in [2.45, 2.75) is 59.0 Å². The number of hydrogen-bond acceptors (Lipinski definition) is 5. The highest BCUT2D eigenvalue weighted by atomic mass is 16.5. The van der Waals surface area contributed by atoms with Gasteiger partial charge in [-0.15, -0.1) is 0 Å². The van der Waals surface area contributed by atoms with Crippen LogP contribution in [0.25, 0.3) is 17.0 Å². The zero-order valence-electron chi connectivity index (χ0n) is 15.6. The van der Waals surface area contributed by atoms with Crippen LogP contribution in [0.3, 0.4) is 0 Å². The van der Waals surface area contributed by atoms with Gasteiger partial charge in [0.2, 0.25) is 0 Å². The Hall–Kier alpha value is -2.56. The molecule has 3 rings (SSSR count). The number of phenolic OH excluding ortho intramolecular Hbond substituents is 1. The van der Waals surface area contributed by atoms with Crippen LogP contribution in [0.4, 0.5) is 0 Å². The van der Waals surface area contributed by atoms with Gasteiger partial charge in [0.1, 0.15) is 22.7 Å². The van der Waals surface area contributed by atoms with Crippen molar-refractivity contribution in [3.63, 3.8) is 0 Å². The molecule has 5 nitrogen and oxygen atoms in total. The Balaban J connectivity index is 2.48. The molecule has 2 heterocycles. The molecule has 0 unspecified atom stereocenters. The highest BCUT2D eigenvalue weighted by Gasteiger charge is 2.32. The summed E-state index contributed by atoms with van der Waals surface area (Å²) in [5, 5.41) is 11.4. The van der Waals surface area contributed by atoms with Crippen molar-refractivity contribution in [1.29, 1.82) is 0 Å². The summed E-state index contributed by atoms with van der Waals surface area (Å²) in [4.78, 5) is 24.8. The zero-order valence-corrected chi connectivity index (χ0v) is 15.6. The average molecular weight is 356 g/mol. The van der Waals surface area contributed by atoms with Gasteiger partial charge in [0.15, 0.2) is 11.4 Å². The number of aromatic hydroxyl groups is 1. The molecule has 1 aromatic carbocycles. The van der Waals surface area contributed by atoms with Gasteiger partial charge in [-0.1, -0.05) is 20.3 Å². The van der Waals surface area contributed by atoms with Gasteiger partial charge in [-0.05, 0) is 44.4 Å². The summed E-state index contributed by atoms with van der Waals surface area (Å²) >= 11 is 0. The second kappa shape index (κ2) is 6.63. The summed E-state index contributed by atoms with van der Waals surface area (Å²) in [5.74, 6) is 0.0348. The lowest BCUT2D eigenvalue weighted by Crippen LogP contribution is -2.28. The Morgan fingerprint density at radius 3 is 2.62 bits per heavy atom. The molecule has 138 valence electrons. The van der Waals surface area contributed by atoms with Gasteiger partial charge in [-0.25, -0.2) is 4.79 Å². The van der Waals surface area contributed by atoms with E-state index >= 15 is 0 Å². The fraction of sp³-hybridized carbons (Fsp3) is 0.429. The Morgan fingerprint density at radius 2 is 1.96 bits per heavy atom. The minimum Gasteiger partial charge on any atom is -0.506 e. The van der Waals surface area contributed by atoms with Gasteiger partial charge < -0.3 is 14.3 Å². The maximum absolute atomic E-state index is 12.7. The molecular formula is C21H24O5. The van der Waals surface area contributed by atoms with Gasteiger partial charge in [0, 0.05) is 12.5 Å². The average Bonchev–Trinajstić information content (AvgIpc) is 2.54. The summed E-state index contributed by atoms with van der Waals surface area (Å²) < 4.78 is 11.5. The van der Waals surface area contributed by atoms with Crippen molar-refractivity contribution in [2.24, 2.45) is 0 Å². The van der Waals surface area contributed by atoms with E-state index < -0.39 is 11.2 Å². The van der Waals surface area contributed by atoms with Gasteiger partial charge in [-0.3, -0.25) is 4.79 Å². The fourth-order valence-electron chi connectivity index (χ4n) is 3.37. The predicted molar refractivity (Wildman–Crippen MR) is 101 cm³/mol. The number of ketones is 1. The van der Waals surface area contributed by atoms with E-state index in [-0.39, 0.29) is 29.1 Å². The van der Waals surface area contributed by atoms with Crippen LogP contribution in [-0.4, -0.2) is 16.5 Å². The molecule has 0 atom stereocenters. The van der Waals surface area contributed by atoms with E-state index in [9.17, 15) is 14.7 Å². The summed E-state index contributed by atoms with van der Waals surface area (Å²) in [7, 11) is 0. The Labute approximate surface area is 152 Å². The Kier molecular flexibility index (Phi) is 4.65. The molecule has 5 heteroatoms. The largest absolute Gasteiger partial charge is 0.506 e. The molecule has 0 amide bonds. The van der Waals surface area contributed by atoms with E-state index in [2.05, 4.69) is 0 Å². The van der Waals surface area contributed by atoms with Crippen LogP contribution in [0, 0.1) is 0 Å². The number of rotatable bonds is 5. The first-order valence-electron chi connectivity index (χ1n) is 9.06. The lowest BCUT2D eigenvalue weighted by Gasteiger charge is -2.30. The van der Waals surface area contributed by atoms with Crippen LogP contribution in [0.5, 0.6) is 11.5 Å². The topological polar surface area (TPSA) is 76.7 Å². The SMILES string of the molecule is CCCC(=O)c1c(O)c2c(c3c(CCC)cc(=O)oc13)OC(C)(C)C=C2. The first-order valence-corrected chi connectivity index (χ1v) is 9.06. The number of carbonyl (C=O) groups excluding carboxylic acids is 1. The molecule has 2 aromatic rings. The number of Topliss-reactive ketones (excluding diaryl/α,β-unsaturated/α-hetero) is 1. The lowest BCUT2D eigenvalue weighted by molar-refractivity contribution is 0.0979. The molecule has 0 radical (unpaired) electrons. The maximum Gasteiger partial charge on any atom is 0.336 e. The van der Waals surface area contributed by atoms with E-state index in [0.717, 1.165) is 12.0 Å². The molecule has 0 saturated carbocycles. The smallest absolute Gasteiger partial charge is 0.336 e. The molecule has 1 aliphatic rings. The van der Waals surface area contributed by atoms with Crippen molar-refractivity contribution in [2.75, 3.05) is 0 Å². The summed E-state index contributed by atoms with van der Waals surface area (Å²) in [6, 6.07) is 1.45. The highest BCUT2D eigenvalue weighted by Crippen LogP contribution is 2.46. The van der Waals surface area contributed by atoms with Gasteiger partial charge in [-0.2, -0.15) is 0 Å². The third kappa shape index (κ3) is 3.02. The van der Waals surface area contributed by atoms with Crippen molar-refractivity contribution < 1.29 is 19.1 Å². The number of ether oxygens (including phenoxy) is 1. The first-order chi connectivity index (χ1) is 12.3. The Morgan fingerprint density at radius 1 is 1.23 bits per heavy atom. The monoisotopic (exact) mass is 356 g/mol. The van der Waals surface area contributed by atoms with Crippen LogP contribution < -0.4 is 10.4 Å². The van der Waals surface area contributed by atoms with E-state index in [4.69, 9.17) is 9.15 Å². The maximum atomic E-state index is 12.7. The van der Waals surface area contributed by atoms with Crippen molar-refractivity contribution >= 4 is 22.8 Å². The molecule has 0 aliphatic carbocycles. The number of aryl methyl sites for hydroxylation is 1. The zero-order chi connectivity index (χ0) is 19.1. The normalized spacial score (nSPS) is 14.9. The first kappa shape index (κ1) is 18.2.